The van der Waals surface area contributed by atoms with Crippen LogP contribution in [0.4, 0.5) is 13.2 Å². The molecule has 0 aliphatic rings. The highest BCUT2D eigenvalue weighted by Gasteiger charge is 2.38. The lowest BCUT2D eigenvalue weighted by Crippen LogP contribution is -2.25. The fourth-order valence-electron chi connectivity index (χ4n) is 2.15. The maximum Gasteiger partial charge on any atom is 0.490 e. The van der Waals surface area contributed by atoms with Gasteiger partial charge in [0.05, 0.1) is 0 Å². The summed E-state index contributed by atoms with van der Waals surface area (Å²) in [5, 5.41) is 23.3. The first-order chi connectivity index (χ1) is 14.2. The third kappa shape index (κ3) is 6.62. The lowest BCUT2D eigenvalue weighted by Gasteiger charge is -2.05. The number of carboxylic acids is 1. The van der Waals surface area contributed by atoms with E-state index in [0.29, 0.717) is 18.7 Å². The molecule has 0 atom stereocenters. The number of aromatic hydroxyl groups is 1. The molecule has 3 aromatic rings. The van der Waals surface area contributed by atoms with Crippen molar-refractivity contribution >= 4 is 11.9 Å². The molecular formula is C19H16F3N3O5. The van der Waals surface area contributed by atoms with Gasteiger partial charge in [-0.15, -0.1) is 0 Å². The second kappa shape index (κ2) is 10.0. The normalized spacial score (nSPS) is 10.6. The van der Waals surface area contributed by atoms with Gasteiger partial charge in [0, 0.05) is 30.6 Å². The minimum absolute atomic E-state index is 0.209. The molecule has 0 radical (unpaired) electrons. The molecule has 8 nitrogen and oxygen atoms in total. The van der Waals surface area contributed by atoms with Crippen LogP contribution in [0.2, 0.25) is 0 Å². The molecule has 0 unspecified atom stereocenters. The largest absolute Gasteiger partial charge is 0.508 e. The number of carboxylic acid groups (broad SMARTS) is 1. The number of nitrogens with one attached hydrogen (secondary N) is 1. The summed E-state index contributed by atoms with van der Waals surface area (Å²) in [4.78, 5) is 24.9. The summed E-state index contributed by atoms with van der Waals surface area (Å²) in [6.45, 7) is 0.394. The number of hydrogen-bond acceptors (Lipinski definition) is 6. The van der Waals surface area contributed by atoms with Crippen LogP contribution in [0.1, 0.15) is 16.1 Å². The molecule has 11 heteroatoms. The number of para-hydroxylation sites is 1. The third-order valence-corrected chi connectivity index (χ3v) is 3.60. The van der Waals surface area contributed by atoms with Crippen LogP contribution in [-0.2, 0) is 11.2 Å². The van der Waals surface area contributed by atoms with E-state index >= 15 is 0 Å². The molecule has 0 spiro atoms. The minimum Gasteiger partial charge on any atom is -0.508 e. The van der Waals surface area contributed by atoms with Crippen LogP contribution in [-0.4, -0.2) is 45.0 Å². The molecule has 0 aliphatic heterocycles. The SMILES string of the molecule is O=C(NCCc1ccccc1O)c1cc(-c2cccnc2)on1.O=C(O)C(F)(F)F. The van der Waals surface area contributed by atoms with Crippen LogP contribution in [0.5, 0.6) is 5.75 Å². The van der Waals surface area contributed by atoms with Gasteiger partial charge in [-0.1, -0.05) is 23.4 Å². The number of benzene rings is 1. The molecular weight excluding hydrogens is 407 g/mol. The Morgan fingerprint density at radius 3 is 2.43 bits per heavy atom. The predicted molar refractivity (Wildman–Crippen MR) is 97.6 cm³/mol. The van der Waals surface area contributed by atoms with E-state index in [9.17, 15) is 23.1 Å². The van der Waals surface area contributed by atoms with Gasteiger partial charge in [-0.3, -0.25) is 9.78 Å². The number of phenols is 1. The molecule has 0 saturated heterocycles. The van der Waals surface area contributed by atoms with E-state index in [1.165, 1.54) is 0 Å². The van der Waals surface area contributed by atoms with Gasteiger partial charge in [0.25, 0.3) is 5.91 Å². The van der Waals surface area contributed by atoms with Crippen LogP contribution in [0.3, 0.4) is 0 Å². The summed E-state index contributed by atoms with van der Waals surface area (Å²) in [6, 6.07) is 12.2. The zero-order valence-electron chi connectivity index (χ0n) is 15.3. The smallest absolute Gasteiger partial charge is 0.490 e. The second-order valence-electron chi connectivity index (χ2n) is 5.76. The van der Waals surface area contributed by atoms with Crippen LogP contribution in [0.15, 0.2) is 59.4 Å². The molecule has 2 aromatic heterocycles. The van der Waals surface area contributed by atoms with Gasteiger partial charge < -0.3 is 20.1 Å². The lowest BCUT2D eigenvalue weighted by atomic mass is 10.1. The molecule has 1 aromatic carbocycles. The second-order valence-corrected chi connectivity index (χ2v) is 5.76. The number of hydrogen-bond donors (Lipinski definition) is 3. The molecule has 0 bridgehead atoms. The number of aliphatic carboxylic acids is 1. The summed E-state index contributed by atoms with van der Waals surface area (Å²) in [7, 11) is 0. The monoisotopic (exact) mass is 423 g/mol. The van der Waals surface area contributed by atoms with Crippen molar-refractivity contribution in [1.82, 2.24) is 15.5 Å². The van der Waals surface area contributed by atoms with Crippen molar-refractivity contribution < 1.29 is 37.5 Å². The van der Waals surface area contributed by atoms with Gasteiger partial charge in [-0.25, -0.2) is 4.79 Å². The highest BCUT2D eigenvalue weighted by molar-refractivity contribution is 5.93. The van der Waals surface area contributed by atoms with Crippen LogP contribution >= 0.6 is 0 Å². The molecule has 0 saturated carbocycles. The predicted octanol–water partition coefficient (Wildman–Crippen LogP) is 3.05. The quantitative estimate of drug-likeness (QED) is 0.576. The Bertz CT molecular complexity index is 990. The van der Waals surface area contributed by atoms with Crippen molar-refractivity contribution in [1.29, 1.82) is 0 Å². The molecule has 30 heavy (non-hydrogen) atoms. The van der Waals surface area contributed by atoms with Gasteiger partial charge in [0.1, 0.15) is 5.75 Å². The topological polar surface area (TPSA) is 126 Å². The van der Waals surface area contributed by atoms with Crippen LogP contribution in [0, 0.1) is 0 Å². The van der Waals surface area contributed by atoms with E-state index in [2.05, 4.69) is 15.5 Å². The Kier molecular flexibility index (Phi) is 7.50. The summed E-state index contributed by atoms with van der Waals surface area (Å²) in [5.74, 6) is -2.36. The van der Waals surface area contributed by atoms with Crippen molar-refractivity contribution in [2.24, 2.45) is 0 Å². The van der Waals surface area contributed by atoms with E-state index in [1.807, 2.05) is 18.2 Å². The first kappa shape index (κ1) is 22.4. The van der Waals surface area contributed by atoms with E-state index in [4.69, 9.17) is 14.4 Å². The van der Waals surface area contributed by atoms with Crippen molar-refractivity contribution in [2.45, 2.75) is 12.6 Å². The number of alkyl halides is 3. The molecule has 158 valence electrons. The average Bonchev–Trinajstić information content (AvgIpc) is 3.20. The van der Waals surface area contributed by atoms with Crippen molar-refractivity contribution in [2.75, 3.05) is 6.54 Å². The Morgan fingerprint density at radius 1 is 1.13 bits per heavy atom. The zero-order chi connectivity index (χ0) is 22.1. The number of pyridine rings is 1. The van der Waals surface area contributed by atoms with E-state index in [-0.39, 0.29) is 17.4 Å². The van der Waals surface area contributed by atoms with Gasteiger partial charge >= 0.3 is 12.1 Å². The average molecular weight is 423 g/mol. The van der Waals surface area contributed by atoms with E-state index < -0.39 is 12.1 Å². The molecule has 2 heterocycles. The molecule has 1 amide bonds. The first-order valence-corrected chi connectivity index (χ1v) is 8.40. The number of rotatable bonds is 5. The Hall–Kier alpha value is -3.89. The van der Waals surface area contributed by atoms with Gasteiger partial charge in [-0.2, -0.15) is 13.2 Å². The molecule has 3 rings (SSSR count). The summed E-state index contributed by atoms with van der Waals surface area (Å²) in [5.41, 5.74) is 1.75. The summed E-state index contributed by atoms with van der Waals surface area (Å²) in [6.07, 6.45) is -1.25. The highest BCUT2D eigenvalue weighted by Crippen LogP contribution is 2.19. The van der Waals surface area contributed by atoms with Crippen molar-refractivity contribution in [3.8, 4) is 17.1 Å². The number of aromatic nitrogens is 2. The standard InChI is InChI=1S/C17H15N3O3.C2HF3O2/c21-15-6-2-1-4-12(15)7-9-19-17(22)14-10-16(23-20-14)13-5-3-8-18-11-13;3-2(4,5)1(6)7/h1-6,8,10-11,21H,7,9H2,(H,19,22);(H,6,7). The Balaban J connectivity index is 0.000000396. The van der Waals surface area contributed by atoms with Gasteiger partial charge in [0.2, 0.25) is 0 Å². The fraction of sp³-hybridized carbons (Fsp3) is 0.158. The lowest BCUT2D eigenvalue weighted by molar-refractivity contribution is -0.192. The maximum absolute atomic E-state index is 12.1. The first-order valence-electron chi connectivity index (χ1n) is 8.40. The number of carbonyl (C=O) groups excluding carboxylic acids is 1. The van der Waals surface area contributed by atoms with Crippen molar-refractivity contribution in [3.05, 3.63) is 66.1 Å². The number of amides is 1. The van der Waals surface area contributed by atoms with Crippen LogP contribution in [0.25, 0.3) is 11.3 Å². The number of carbonyl (C=O) groups is 2. The fourth-order valence-corrected chi connectivity index (χ4v) is 2.15. The van der Waals surface area contributed by atoms with E-state index in [0.717, 1.165) is 11.1 Å². The van der Waals surface area contributed by atoms with Crippen molar-refractivity contribution in [3.63, 3.8) is 0 Å². The Labute approximate surface area is 168 Å². The summed E-state index contributed by atoms with van der Waals surface area (Å²) >= 11 is 0. The van der Waals surface area contributed by atoms with E-state index in [1.54, 1.807) is 36.7 Å². The van der Waals surface area contributed by atoms with Gasteiger partial charge in [-0.05, 0) is 30.2 Å². The highest BCUT2D eigenvalue weighted by atomic mass is 19.4. The minimum atomic E-state index is -5.08. The molecule has 0 fully saturated rings. The van der Waals surface area contributed by atoms with Crippen LogP contribution < -0.4 is 5.32 Å². The number of halogens is 3. The molecule has 0 aliphatic carbocycles. The number of nitrogens with zero attached hydrogens (tertiary/aromatic N) is 2. The zero-order valence-corrected chi connectivity index (χ0v) is 15.3. The molecule has 3 N–H and O–H groups in total. The van der Waals surface area contributed by atoms with Gasteiger partial charge in [0.15, 0.2) is 11.5 Å². The summed E-state index contributed by atoms with van der Waals surface area (Å²) < 4.78 is 36.9. The number of phenolic OH excluding ortho intramolecular Hbond substituents is 1. The third-order valence-electron chi connectivity index (χ3n) is 3.60. The Morgan fingerprint density at radius 2 is 1.83 bits per heavy atom. The maximum atomic E-state index is 12.1.